The molecular formula is C11H18ClN3S2. The smallest absolute Gasteiger partial charge is 0.0834 e. The number of thioether (sulfide) groups is 2. The molecule has 3 nitrogen and oxygen atoms in total. The van der Waals surface area contributed by atoms with E-state index in [1.807, 2.05) is 42.3 Å². The summed E-state index contributed by atoms with van der Waals surface area (Å²) in [5.41, 5.74) is 1.10. The minimum Gasteiger partial charge on any atom is -0.311 e. The minimum atomic E-state index is 0.266. The summed E-state index contributed by atoms with van der Waals surface area (Å²) >= 11 is 10.3. The Kier molecular flexibility index (Phi) is 4.69. The van der Waals surface area contributed by atoms with Crippen molar-refractivity contribution in [1.29, 1.82) is 0 Å². The van der Waals surface area contributed by atoms with Crippen molar-refractivity contribution in [2.75, 3.05) is 18.6 Å². The number of hydrogen-bond acceptors (Lipinski definition) is 4. The van der Waals surface area contributed by atoms with Crippen LogP contribution in [-0.2, 0) is 7.05 Å². The molecule has 0 amide bonds. The molecule has 17 heavy (non-hydrogen) atoms. The molecule has 2 heterocycles. The van der Waals surface area contributed by atoms with Gasteiger partial charge in [0.25, 0.3) is 0 Å². The average Bonchev–Trinajstić information content (AvgIpc) is 2.64. The van der Waals surface area contributed by atoms with Gasteiger partial charge in [0.1, 0.15) is 0 Å². The van der Waals surface area contributed by atoms with Gasteiger partial charge in [-0.2, -0.15) is 28.6 Å². The van der Waals surface area contributed by atoms with E-state index in [2.05, 4.69) is 17.3 Å². The Labute approximate surface area is 116 Å². The summed E-state index contributed by atoms with van der Waals surface area (Å²) in [7, 11) is 3.96. The lowest BCUT2D eigenvalue weighted by Gasteiger charge is -2.34. The van der Waals surface area contributed by atoms with Crippen LogP contribution in [0.15, 0.2) is 6.20 Å². The van der Waals surface area contributed by atoms with Gasteiger partial charge in [0.05, 0.1) is 23.0 Å². The molecule has 1 aromatic heterocycles. The summed E-state index contributed by atoms with van der Waals surface area (Å²) < 4.78 is 1.88. The second-order valence-electron chi connectivity index (χ2n) is 4.18. The molecule has 0 aromatic carbocycles. The van der Waals surface area contributed by atoms with Gasteiger partial charge in [0.15, 0.2) is 0 Å². The zero-order chi connectivity index (χ0) is 12.4. The fraction of sp³-hybridized carbons (Fsp3) is 0.727. The number of aromatic nitrogens is 2. The predicted octanol–water partition coefficient (Wildman–Crippen LogP) is 2.57. The molecule has 3 atom stereocenters. The monoisotopic (exact) mass is 291 g/mol. The molecule has 1 N–H and O–H groups in total. The Morgan fingerprint density at radius 1 is 1.53 bits per heavy atom. The largest absolute Gasteiger partial charge is 0.311 e. The quantitative estimate of drug-likeness (QED) is 0.927. The van der Waals surface area contributed by atoms with E-state index in [4.69, 9.17) is 11.6 Å². The number of nitrogens with one attached hydrogen (secondary N) is 1. The second-order valence-corrected chi connectivity index (χ2v) is 7.36. The van der Waals surface area contributed by atoms with Gasteiger partial charge >= 0.3 is 0 Å². The Hall–Kier alpha value is 0.160. The second kappa shape index (κ2) is 5.87. The fourth-order valence-corrected chi connectivity index (χ4v) is 5.49. The van der Waals surface area contributed by atoms with Crippen LogP contribution >= 0.6 is 35.1 Å². The summed E-state index contributed by atoms with van der Waals surface area (Å²) in [4.78, 5) is 0. The molecule has 2 rings (SSSR count). The first-order valence-corrected chi connectivity index (χ1v) is 8.20. The molecule has 1 fully saturated rings. The lowest BCUT2D eigenvalue weighted by atomic mass is 10.1. The molecule has 1 aromatic rings. The highest BCUT2D eigenvalue weighted by Gasteiger charge is 2.33. The van der Waals surface area contributed by atoms with Crippen LogP contribution in [0.3, 0.4) is 0 Å². The molecule has 96 valence electrons. The summed E-state index contributed by atoms with van der Waals surface area (Å²) in [5.74, 6) is 2.46. The van der Waals surface area contributed by atoms with Crippen LogP contribution in [0.4, 0.5) is 0 Å². The van der Waals surface area contributed by atoms with E-state index >= 15 is 0 Å². The van der Waals surface area contributed by atoms with E-state index in [0.29, 0.717) is 10.5 Å². The maximum atomic E-state index is 6.25. The van der Waals surface area contributed by atoms with E-state index in [9.17, 15) is 0 Å². The maximum absolute atomic E-state index is 6.25. The van der Waals surface area contributed by atoms with Crippen molar-refractivity contribution in [2.45, 2.75) is 23.5 Å². The van der Waals surface area contributed by atoms with Crippen LogP contribution in [-0.4, -0.2) is 38.8 Å². The van der Waals surface area contributed by atoms with Crippen LogP contribution in [0.5, 0.6) is 0 Å². The maximum Gasteiger partial charge on any atom is 0.0834 e. The van der Waals surface area contributed by atoms with E-state index in [1.54, 1.807) is 6.20 Å². The van der Waals surface area contributed by atoms with Crippen LogP contribution in [0.2, 0.25) is 5.02 Å². The molecule has 0 aliphatic carbocycles. The van der Waals surface area contributed by atoms with Gasteiger partial charge in [-0.1, -0.05) is 18.5 Å². The zero-order valence-electron chi connectivity index (χ0n) is 10.3. The van der Waals surface area contributed by atoms with Crippen molar-refractivity contribution < 1.29 is 0 Å². The van der Waals surface area contributed by atoms with E-state index in [1.165, 1.54) is 11.5 Å². The van der Waals surface area contributed by atoms with Crippen LogP contribution in [0.25, 0.3) is 0 Å². The third-order valence-corrected chi connectivity index (χ3v) is 6.59. The van der Waals surface area contributed by atoms with E-state index < -0.39 is 0 Å². The van der Waals surface area contributed by atoms with Gasteiger partial charge in [-0.15, -0.1) is 0 Å². The SMILES string of the molecule is CNC(c1c(Cl)cnn1C)C1SCCSC1C. The molecule has 3 unspecified atom stereocenters. The first-order chi connectivity index (χ1) is 8.15. The molecule has 0 bridgehead atoms. The molecule has 1 aliphatic heterocycles. The van der Waals surface area contributed by atoms with Crippen molar-refractivity contribution >= 4 is 35.1 Å². The summed E-state index contributed by atoms with van der Waals surface area (Å²) in [6.07, 6.45) is 1.73. The normalized spacial score (nSPS) is 27.1. The molecular weight excluding hydrogens is 274 g/mol. The number of rotatable bonds is 3. The molecule has 0 radical (unpaired) electrons. The number of aryl methyl sites for hydroxylation is 1. The zero-order valence-corrected chi connectivity index (χ0v) is 12.7. The summed E-state index contributed by atoms with van der Waals surface area (Å²) in [6, 6.07) is 0.266. The third-order valence-electron chi connectivity index (χ3n) is 3.11. The van der Waals surface area contributed by atoms with Gasteiger partial charge in [0.2, 0.25) is 0 Å². The Morgan fingerprint density at radius 3 is 2.76 bits per heavy atom. The molecule has 0 spiro atoms. The topological polar surface area (TPSA) is 29.9 Å². The van der Waals surface area contributed by atoms with Crippen LogP contribution in [0, 0.1) is 0 Å². The predicted molar refractivity (Wildman–Crippen MR) is 78.2 cm³/mol. The van der Waals surface area contributed by atoms with Gasteiger partial charge < -0.3 is 5.32 Å². The number of hydrogen-bond donors (Lipinski definition) is 1. The number of halogens is 1. The lowest BCUT2D eigenvalue weighted by Crippen LogP contribution is -2.37. The first-order valence-electron chi connectivity index (χ1n) is 5.73. The van der Waals surface area contributed by atoms with E-state index in [0.717, 1.165) is 10.7 Å². The third kappa shape index (κ3) is 2.78. The standard InChI is InChI=1S/C11H18ClN3S2/c1-7-11(17-5-4-16-7)9(13-2)10-8(12)6-14-15(10)3/h6-7,9,11,13H,4-5H2,1-3H3. The van der Waals surface area contributed by atoms with Crippen LogP contribution in [0.1, 0.15) is 18.7 Å². The Balaban J connectivity index is 2.26. The molecule has 6 heteroatoms. The Bertz CT molecular complexity index is 363. The van der Waals surface area contributed by atoms with Gasteiger partial charge in [-0.3, -0.25) is 4.68 Å². The highest BCUT2D eigenvalue weighted by molar-refractivity contribution is 8.07. The van der Waals surface area contributed by atoms with Gasteiger partial charge in [-0.25, -0.2) is 0 Å². The van der Waals surface area contributed by atoms with Crippen molar-refractivity contribution in [3.63, 3.8) is 0 Å². The van der Waals surface area contributed by atoms with E-state index in [-0.39, 0.29) is 6.04 Å². The number of nitrogens with zero attached hydrogens (tertiary/aromatic N) is 2. The lowest BCUT2D eigenvalue weighted by molar-refractivity contribution is 0.516. The first kappa shape index (κ1) is 13.6. The van der Waals surface area contributed by atoms with Crippen molar-refractivity contribution in [2.24, 2.45) is 7.05 Å². The summed E-state index contributed by atoms with van der Waals surface area (Å²) in [5, 5.41) is 9.58. The average molecular weight is 292 g/mol. The van der Waals surface area contributed by atoms with Gasteiger partial charge in [0, 0.05) is 29.1 Å². The molecule has 0 saturated carbocycles. The van der Waals surface area contributed by atoms with Crippen LogP contribution < -0.4 is 5.32 Å². The minimum absolute atomic E-state index is 0.266. The Morgan fingerprint density at radius 2 is 2.24 bits per heavy atom. The highest BCUT2D eigenvalue weighted by atomic mass is 35.5. The van der Waals surface area contributed by atoms with Crippen molar-refractivity contribution in [3.05, 3.63) is 16.9 Å². The van der Waals surface area contributed by atoms with Crippen molar-refractivity contribution in [3.8, 4) is 0 Å². The fourth-order valence-electron chi connectivity index (χ4n) is 2.24. The highest BCUT2D eigenvalue weighted by Crippen LogP contribution is 2.39. The summed E-state index contributed by atoms with van der Waals surface area (Å²) in [6.45, 7) is 2.30. The van der Waals surface area contributed by atoms with Crippen molar-refractivity contribution in [1.82, 2.24) is 15.1 Å². The molecule has 1 saturated heterocycles. The molecule has 1 aliphatic rings. The van der Waals surface area contributed by atoms with Gasteiger partial charge in [-0.05, 0) is 7.05 Å².